The summed E-state index contributed by atoms with van der Waals surface area (Å²) in [6.07, 6.45) is 4.35. The molecular weight excluding hydrogens is 646 g/mol. The van der Waals surface area contributed by atoms with Gasteiger partial charge < -0.3 is 19.7 Å². The smallest absolute Gasteiger partial charge is 0.414 e. The molecule has 0 saturated carbocycles. The highest BCUT2D eigenvalue weighted by Gasteiger charge is 2.38. The zero-order valence-electron chi connectivity index (χ0n) is 29.8. The lowest BCUT2D eigenvalue weighted by molar-refractivity contribution is -0.117. The quantitative estimate of drug-likeness (QED) is 0.211. The number of nitrogens with one attached hydrogen (secondary N) is 2. The van der Waals surface area contributed by atoms with E-state index in [1.165, 1.54) is 12.4 Å². The number of fused-ring (bicyclic) bond motifs is 1. The zero-order valence-corrected chi connectivity index (χ0v) is 29.8. The summed E-state index contributed by atoms with van der Waals surface area (Å²) in [5, 5.41) is 6.01. The molecule has 2 aliphatic heterocycles. The summed E-state index contributed by atoms with van der Waals surface area (Å²) < 4.78 is 41.0. The van der Waals surface area contributed by atoms with Gasteiger partial charge in [-0.2, -0.15) is 0 Å². The Labute approximate surface area is 290 Å². The average Bonchev–Trinajstić information content (AvgIpc) is 3.34. The van der Waals surface area contributed by atoms with Gasteiger partial charge in [0.2, 0.25) is 11.9 Å². The Bertz CT molecular complexity index is 1890. The summed E-state index contributed by atoms with van der Waals surface area (Å²) in [7, 11) is 0. The van der Waals surface area contributed by atoms with Gasteiger partial charge in [0.1, 0.15) is 28.9 Å². The molecule has 2 amide bonds. The second-order valence-corrected chi connectivity index (χ2v) is 13.8. The molecule has 2 saturated heterocycles. The number of rotatable bonds is 6. The van der Waals surface area contributed by atoms with Gasteiger partial charge in [-0.3, -0.25) is 15.0 Å². The van der Waals surface area contributed by atoms with E-state index in [0.29, 0.717) is 79.0 Å². The highest BCUT2D eigenvalue weighted by atomic mass is 19.1. The lowest BCUT2D eigenvalue weighted by atomic mass is 9.93. The number of pyridine rings is 2. The second kappa shape index (κ2) is 14.5. The molecule has 2 N–H and O–H groups in total. The molecule has 2 aliphatic rings. The number of amides is 2. The summed E-state index contributed by atoms with van der Waals surface area (Å²) in [5.41, 5.74) is 1.57. The molecule has 0 bridgehead atoms. The summed E-state index contributed by atoms with van der Waals surface area (Å²) in [6.45, 7) is 17.7. The molecule has 3 aromatic heterocycles. The molecule has 0 atom stereocenters. The van der Waals surface area contributed by atoms with Crippen molar-refractivity contribution in [3.8, 4) is 11.1 Å². The third-order valence-electron chi connectivity index (χ3n) is 8.05. The third-order valence-corrected chi connectivity index (χ3v) is 8.05. The minimum atomic E-state index is -0.798. The van der Waals surface area contributed by atoms with Crippen LogP contribution in [-0.2, 0) is 14.3 Å². The molecule has 0 aliphatic carbocycles. The van der Waals surface area contributed by atoms with Crippen LogP contribution in [0.5, 0.6) is 0 Å². The lowest BCUT2D eigenvalue weighted by Crippen LogP contribution is -2.36. The topological polar surface area (TPSA) is 135 Å². The van der Waals surface area contributed by atoms with Crippen LogP contribution < -0.4 is 20.4 Å². The molecule has 12 nitrogen and oxygen atoms in total. The summed E-state index contributed by atoms with van der Waals surface area (Å²) in [5.74, 6) is -0.661. The van der Waals surface area contributed by atoms with Gasteiger partial charge in [0.05, 0.1) is 35.5 Å². The standard InChI is InChI=1S/C34H38F2N8O4.C2H6/c1-19-29(28-23(36)11-21(35)12-25(28)41-30(19)44-18-34(5,6)14-27(44)45)40-24-13-26(43-7-9-47-10-8-43)37-17-22(24)20-15-38-31(39-16-20)42-32(46)48-33(2,3)4;1-2/h11-13,15-17H,7-10,14,18H2,1-6H3,(H,37,40,41)(H,38,39,42,46);1-2H3. The van der Waals surface area contributed by atoms with Crippen LogP contribution in [0.4, 0.5) is 42.5 Å². The number of carbonyl (C=O) groups is 2. The Kier molecular flexibility index (Phi) is 10.5. The van der Waals surface area contributed by atoms with Crippen molar-refractivity contribution in [3.05, 3.63) is 54.0 Å². The first-order chi connectivity index (χ1) is 23.7. The van der Waals surface area contributed by atoms with Gasteiger partial charge in [0, 0.05) is 79.5 Å². The van der Waals surface area contributed by atoms with E-state index in [1.54, 1.807) is 38.8 Å². The van der Waals surface area contributed by atoms with Crippen molar-refractivity contribution < 1.29 is 27.8 Å². The lowest BCUT2D eigenvalue weighted by Gasteiger charge is -2.29. The Morgan fingerprint density at radius 3 is 2.32 bits per heavy atom. The molecule has 266 valence electrons. The maximum absolute atomic E-state index is 15.6. The number of aromatic nitrogens is 4. The van der Waals surface area contributed by atoms with Crippen molar-refractivity contribution in [1.29, 1.82) is 0 Å². The van der Waals surface area contributed by atoms with Gasteiger partial charge in [-0.05, 0) is 33.1 Å². The molecule has 14 heteroatoms. The van der Waals surface area contributed by atoms with E-state index in [0.717, 1.165) is 12.1 Å². The van der Waals surface area contributed by atoms with Gasteiger partial charge in [-0.15, -0.1) is 0 Å². The molecule has 5 heterocycles. The number of carbonyl (C=O) groups excluding carboxylic acids is 2. The van der Waals surface area contributed by atoms with Crippen molar-refractivity contribution in [1.82, 2.24) is 19.9 Å². The Balaban J connectivity index is 0.00000239. The summed E-state index contributed by atoms with van der Waals surface area (Å²) >= 11 is 0. The number of benzene rings is 1. The van der Waals surface area contributed by atoms with E-state index in [1.807, 2.05) is 33.8 Å². The maximum Gasteiger partial charge on any atom is 0.414 e. The number of halogens is 2. The van der Waals surface area contributed by atoms with Gasteiger partial charge in [-0.1, -0.05) is 27.7 Å². The van der Waals surface area contributed by atoms with Crippen molar-refractivity contribution >= 4 is 51.9 Å². The van der Waals surface area contributed by atoms with E-state index < -0.39 is 23.3 Å². The van der Waals surface area contributed by atoms with Gasteiger partial charge in [0.15, 0.2) is 0 Å². The highest BCUT2D eigenvalue weighted by Crippen LogP contribution is 2.42. The Morgan fingerprint density at radius 2 is 1.70 bits per heavy atom. The van der Waals surface area contributed by atoms with Crippen molar-refractivity contribution in [2.24, 2.45) is 5.41 Å². The summed E-state index contributed by atoms with van der Waals surface area (Å²) in [4.78, 5) is 47.0. The van der Waals surface area contributed by atoms with E-state index in [2.05, 4.69) is 30.5 Å². The van der Waals surface area contributed by atoms with E-state index in [-0.39, 0.29) is 28.2 Å². The van der Waals surface area contributed by atoms with Crippen LogP contribution in [0.25, 0.3) is 22.0 Å². The maximum atomic E-state index is 15.6. The summed E-state index contributed by atoms with van der Waals surface area (Å²) in [6, 6.07) is 3.81. The number of ether oxygens (including phenoxy) is 2. The highest BCUT2D eigenvalue weighted by molar-refractivity contribution is 6.03. The first-order valence-corrected chi connectivity index (χ1v) is 16.7. The number of hydrogen-bond acceptors (Lipinski definition) is 10. The fourth-order valence-corrected chi connectivity index (χ4v) is 5.89. The van der Waals surface area contributed by atoms with Crippen LogP contribution in [0.1, 0.15) is 60.5 Å². The fraction of sp³-hybridized carbons (Fsp3) is 0.444. The normalized spacial score (nSPS) is 15.8. The Morgan fingerprint density at radius 1 is 1.02 bits per heavy atom. The molecular formula is C36H44F2N8O4. The van der Waals surface area contributed by atoms with Crippen LogP contribution in [0.2, 0.25) is 0 Å². The van der Waals surface area contributed by atoms with Crippen molar-refractivity contribution in [2.75, 3.05) is 53.3 Å². The van der Waals surface area contributed by atoms with E-state index >= 15 is 4.39 Å². The SMILES string of the molecule is CC.Cc1c(N2CC(C)(C)CC2=O)nc2cc(F)cc(F)c2c1Nc1cc(N2CCOCC2)ncc1-c1cnc(NC(=O)OC(C)(C)C)nc1. The number of hydrogen-bond donors (Lipinski definition) is 2. The average molecular weight is 691 g/mol. The fourth-order valence-electron chi connectivity index (χ4n) is 5.89. The van der Waals surface area contributed by atoms with Crippen LogP contribution in [-0.4, -0.2) is 70.4 Å². The van der Waals surface area contributed by atoms with Gasteiger partial charge in [-0.25, -0.2) is 33.5 Å². The van der Waals surface area contributed by atoms with E-state index in [4.69, 9.17) is 14.5 Å². The number of morpholine rings is 1. The third kappa shape index (κ3) is 8.07. The predicted octanol–water partition coefficient (Wildman–Crippen LogP) is 7.39. The first-order valence-electron chi connectivity index (χ1n) is 16.7. The second-order valence-electron chi connectivity index (χ2n) is 13.8. The zero-order chi connectivity index (χ0) is 36.4. The van der Waals surface area contributed by atoms with Crippen molar-refractivity contribution in [3.63, 3.8) is 0 Å². The Hall–Kier alpha value is -4.98. The van der Waals surface area contributed by atoms with E-state index in [9.17, 15) is 14.0 Å². The molecule has 0 spiro atoms. The monoisotopic (exact) mass is 690 g/mol. The molecule has 0 unspecified atom stereocenters. The molecule has 0 radical (unpaired) electrons. The number of nitrogens with zero attached hydrogens (tertiary/aromatic N) is 6. The predicted molar refractivity (Wildman–Crippen MR) is 190 cm³/mol. The van der Waals surface area contributed by atoms with Crippen LogP contribution in [0.3, 0.4) is 0 Å². The van der Waals surface area contributed by atoms with Gasteiger partial charge >= 0.3 is 6.09 Å². The molecule has 4 aromatic rings. The van der Waals surface area contributed by atoms with Crippen LogP contribution >= 0.6 is 0 Å². The van der Waals surface area contributed by atoms with Gasteiger partial charge in [0.25, 0.3) is 0 Å². The molecule has 50 heavy (non-hydrogen) atoms. The molecule has 1 aromatic carbocycles. The number of anilines is 5. The van der Waals surface area contributed by atoms with Crippen LogP contribution in [0.15, 0.2) is 36.8 Å². The molecule has 2 fully saturated rings. The first kappa shape index (κ1) is 36.3. The minimum Gasteiger partial charge on any atom is -0.444 e. The molecule has 6 rings (SSSR count). The minimum absolute atomic E-state index is 0.0447. The van der Waals surface area contributed by atoms with Crippen LogP contribution in [0, 0.1) is 24.0 Å². The van der Waals surface area contributed by atoms with Crippen molar-refractivity contribution in [2.45, 2.75) is 67.4 Å². The largest absolute Gasteiger partial charge is 0.444 e.